The summed E-state index contributed by atoms with van der Waals surface area (Å²) in [7, 11) is -0.954. The molecule has 2 heterocycles. The first-order chi connectivity index (χ1) is 15.6. The van der Waals surface area contributed by atoms with Crippen LogP contribution in [0.15, 0.2) is 48.7 Å². The van der Waals surface area contributed by atoms with Gasteiger partial charge in [-0.3, -0.25) is 13.9 Å². The Morgan fingerprint density at radius 2 is 1.88 bits per heavy atom. The summed E-state index contributed by atoms with van der Waals surface area (Å²) in [6, 6.07) is 10.3. The van der Waals surface area contributed by atoms with Gasteiger partial charge >= 0.3 is 0 Å². The number of halogens is 2. The van der Waals surface area contributed by atoms with E-state index in [0.717, 1.165) is 10.6 Å². The topological polar surface area (TPSA) is 126 Å². The average Bonchev–Trinajstić information content (AvgIpc) is 2.74. The summed E-state index contributed by atoms with van der Waals surface area (Å²) in [5.41, 5.74) is 3.15. The van der Waals surface area contributed by atoms with Crippen molar-refractivity contribution in [2.75, 3.05) is 35.4 Å². The van der Waals surface area contributed by atoms with E-state index in [2.05, 4.69) is 26.1 Å². The quantitative estimate of drug-likeness (QED) is 0.321. The van der Waals surface area contributed by atoms with E-state index < -0.39 is 21.9 Å². The van der Waals surface area contributed by atoms with E-state index in [1.165, 1.54) is 44.6 Å². The number of sulfonamides is 1. The number of nitrogens with zero attached hydrogens (tertiary/aromatic N) is 3. The minimum atomic E-state index is -3.61. The minimum Gasteiger partial charge on any atom is -0.353 e. The lowest BCUT2D eigenvalue weighted by molar-refractivity contribution is 0.0538. The van der Waals surface area contributed by atoms with E-state index in [1.54, 1.807) is 18.2 Å². The maximum atomic E-state index is 13.4. The van der Waals surface area contributed by atoms with Crippen LogP contribution in [0.4, 0.5) is 33.1 Å². The van der Waals surface area contributed by atoms with Crippen molar-refractivity contribution in [2.45, 2.75) is 0 Å². The standard InChI is InChI=1S/C20H20ClFN6O4S/c1-28(33(3,30)31)16-9-12(21)7-8-14(16)24-15-10-19(23-11-13(15)20(29)27-32-2)26-18-6-4-5-17(22)25-18/h4-11H,1-3H3,(H,27,29)(H2,23,24,25,26). The predicted molar refractivity (Wildman–Crippen MR) is 124 cm³/mol. The summed E-state index contributed by atoms with van der Waals surface area (Å²) in [6.07, 6.45) is 2.32. The molecule has 0 unspecified atom stereocenters. The highest BCUT2D eigenvalue weighted by molar-refractivity contribution is 7.92. The Balaban J connectivity index is 2.06. The second-order valence-electron chi connectivity index (χ2n) is 6.74. The van der Waals surface area contributed by atoms with E-state index in [4.69, 9.17) is 16.4 Å². The van der Waals surface area contributed by atoms with Gasteiger partial charge in [0, 0.05) is 24.3 Å². The summed E-state index contributed by atoms with van der Waals surface area (Å²) >= 11 is 6.08. The second-order valence-corrected chi connectivity index (χ2v) is 9.19. The zero-order chi connectivity index (χ0) is 24.2. The van der Waals surface area contributed by atoms with Crippen LogP contribution in [0.1, 0.15) is 10.4 Å². The van der Waals surface area contributed by atoms with Crippen LogP contribution in [0, 0.1) is 5.95 Å². The van der Waals surface area contributed by atoms with Gasteiger partial charge in [-0.25, -0.2) is 23.9 Å². The number of hydroxylamine groups is 1. The smallest absolute Gasteiger partial charge is 0.278 e. The molecule has 0 aliphatic carbocycles. The maximum absolute atomic E-state index is 13.4. The minimum absolute atomic E-state index is 0.0949. The number of hydrogen-bond donors (Lipinski definition) is 3. The molecular weight excluding hydrogens is 475 g/mol. The van der Waals surface area contributed by atoms with E-state index in [1.807, 2.05) is 0 Å². The van der Waals surface area contributed by atoms with Crippen molar-refractivity contribution in [3.05, 3.63) is 65.2 Å². The Labute approximate surface area is 194 Å². The molecule has 0 aliphatic heterocycles. The van der Waals surface area contributed by atoms with Crippen molar-refractivity contribution in [3.8, 4) is 0 Å². The normalized spacial score (nSPS) is 11.1. The first kappa shape index (κ1) is 24.2. The zero-order valence-corrected chi connectivity index (χ0v) is 19.3. The van der Waals surface area contributed by atoms with Crippen molar-refractivity contribution >= 4 is 56.2 Å². The van der Waals surface area contributed by atoms with E-state index in [9.17, 15) is 17.6 Å². The van der Waals surface area contributed by atoms with E-state index in [0.29, 0.717) is 10.7 Å². The molecular formula is C20H20ClFN6O4S. The Morgan fingerprint density at radius 3 is 2.55 bits per heavy atom. The molecule has 33 heavy (non-hydrogen) atoms. The molecule has 0 saturated carbocycles. The van der Waals surface area contributed by atoms with Gasteiger partial charge in [-0.2, -0.15) is 4.39 Å². The molecule has 3 rings (SSSR count). The van der Waals surface area contributed by atoms with Crippen LogP contribution in [0.5, 0.6) is 0 Å². The lowest BCUT2D eigenvalue weighted by atomic mass is 10.2. The van der Waals surface area contributed by atoms with Gasteiger partial charge < -0.3 is 10.6 Å². The highest BCUT2D eigenvalue weighted by Gasteiger charge is 2.19. The number of rotatable bonds is 8. The fraction of sp³-hybridized carbons (Fsp3) is 0.150. The molecule has 3 N–H and O–H groups in total. The number of anilines is 5. The molecule has 1 aromatic carbocycles. The molecule has 10 nitrogen and oxygen atoms in total. The molecule has 1 amide bonds. The van der Waals surface area contributed by atoms with Crippen LogP contribution in [-0.4, -0.2) is 44.7 Å². The Bertz CT molecular complexity index is 1290. The Hall–Kier alpha value is -3.48. The first-order valence-corrected chi connectivity index (χ1v) is 11.5. The Kier molecular flexibility index (Phi) is 7.31. The average molecular weight is 495 g/mol. The van der Waals surface area contributed by atoms with Gasteiger partial charge in [-0.1, -0.05) is 17.7 Å². The maximum Gasteiger partial charge on any atom is 0.278 e. The van der Waals surface area contributed by atoms with Crippen LogP contribution >= 0.6 is 11.6 Å². The molecule has 0 saturated heterocycles. The third-order valence-corrected chi connectivity index (χ3v) is 5.81. The van der Waals surface area contributed by atoms with Crippen molar-refractivity contribution in [1.29, 1.82) is 0 Å². The monoisotopic (exact) mass is 494 g/mol. The number of hydrogen-bond acceptors (Lipinski definition) is 8. The highest BCUT2D eigenvalue weighted by atomic mass is 35.5. The van der Waals surface area contributed by atoms with Crippen LogP contribution in [-0.2, 0) is 14.9 Å². The molecule has 0 atom stereocenters. The SMILES string of the molecule is CONC(=O)c1cnc(Nc2cccc(F)n2)cc1Nc1ccc(Cl)cc1N(C)S(C)(=O)=O. The number of benzene rings is 1. The second kappa shape index (κ2) is 9.98. The summed E-state index contributed by atoms with van der Waals surface area (Å²) < 4.78 is 38.7. The number of carbonyl (C=O) groups excluding carboxylic acids is 1. The first-order valence-electron chi connectivity index (χ1n) is 9.32. The zero-order valence-electron chi connectivity index (χ0n) is 17.8. The van der Waals surface area contributed by atoms with Gasteiger partial charge in [0.1, 0.15) is 11.6 Å². The van der Waals surface area contributed by atoms with Crippen molar-refractivity contribution in [2.24, 2.45) is 0 Å². The van der Waals surface area contributed by atoms with Crippen molar-refractivity contribution < 1.29 is 22.4 Å². The lowest BCUT2D eigenvalue weighted by Gasteiger charge is -2.22. The van der Waals surface area contributed by atoms with Gasteiger partial charge in [0.2, 0.25) is 16.0 Å². The summed E-state index contributed by atoms with van der Waals surface area (Å²) in [5, 5.41) is 6.21. The highest BCUT2D eigenvalue weighted by Crippen LogP contribution is 2.34. The number of carbonyl (C=O) groups is 1. The fourth-order valence-electron chi connectivity index (χ4n) is 2.76. The van der Waals surface area contributed by atoms with Crippen molar-refractivity contribution in [1.82, 2.24) is 15.4 Å². The van der Waals surface area contributed by atoms with E-state index >= 15 is 0 Å². The van der Waals surface area contributed by atoms with Crippen LogP contribution < -0.4 is 20.4 Å². The van der Waals surface area contributed by atoms with Gasteiger partial charge in [0.15, 0.2) is 0 Å². The molecule has 0 radical (unpaired) electrons. The number of nitrogens with one attached hydrogen (secondary N) is 3. The summed E-state index contributed by atoms with van der Waals surface area (Å²) in [4.78, 5) is 25.1. The molecule has 0 bridgehead atoms. The number of aromatic nitrogens is 2. The number of amides is 1. The molecule has 3 aromatic rings. The lowest BCUT2D eigenvalue weighted by Crippen LogP contribution is -2.26. The van der Waals surface area contributed by atoms with Gasteiger partial charge in [0.25, 0.3) is 5.91 Å². The molecule has 2 aromatic heterocycles. The number of pyridine rings is 2. The van der Waals surface area contributed by atoms with Gasteiger partial charge in [-0.05, 0) is 30.3 Å². The third kappa shape index (κ3) is 6.06. The molecule has 13 heteroatoms. The fourth-order valence-corrected chi connectivity index (χ4v) is 3.43. The molecule has 0 spiro atoms. The predicted octanol–water partition coefficient (Wildman–Crippen LogP) is 3.44. The molecule has 0 aliphatic rings. The largest absolute Gasteiger partial charge is 0.353 e. The molecule has 0 fully saturated rings. The molecule has 174 valence electrons. The Morgan fingerprint density at radius 1 is 1.12 bits per heavy atom. The third-order valence-electron chi connectivity index (χ3n) is 4.38. The van der Waals surface area contributed by atoms with Crippen LogP contribution in [0.2, 0.25) is 5.02 Å². The van der Waals surface area contributed by atoms with Gasteiger partial charge in [0.05, 0.1) is 36.0 Å². The van der Waals surface area contributed by atoms with Crippen LogP contribution in [0.3, 0.4) is 0 Å². The van der Waals surface area contributed by atoms with Gasteiger partial charge in [-0.15, -0.1) is 0 Å². The van der Waals surface area contributed by atoms with E-state index in [-0.39, 0.29) is 28.6 Å². The van der Waals surface area contributed by atoms with Crippen LogP contribution in [0.25, 0.3) is 0 Å². The summed E-state index contributed by atoms with van der Waals surface area (Å²) in [6.45, 7) is 0. The summed E-state index contributed by atoms with van der Waals surface area (Å²) in [5.74, 6) is -0.831. The van der Waals surface area contributed by atoms with Crippen molar-refractivity contribution in [3.63, 3.8) is 0 Å².